The van der Waals surface area contributed by atoms with Gasteiger partial charge in [0.15, 0.2) is 11.6 Å². The highest BCUT2D eigenvalue weighted by Gasteiger charge is 2.25. The summed E-state index contributed by atoms with van der Waals surface area (Å²) in [6.45, 7) is 0. The Morgan fingerprint density at radius 2 is 0.839 bits per heavy atom. The summed E-state index contributed by atoms with van der Waals surface area (Å²) < 4.78 is 9.01. The molecule has 0 saturated carbocycles. The van der Waals surface area contributed by atoms with E-state index in [0.29, 0.717) is 17.6 Å². The van der Waals surface area contributed by atoms with E-state index in [1.807, 2.05) is 66.7 Å². The highest BCUT2D eigenvalue weighted by Crippen LogP contribution is 2.46. The van der Waals surface area contributed by atoms with Crippen LogP contribution in [0, 0.1) is 0 Å². The fraction of sp³-hybridized carbons (Fsp3) is 0. The predicted molar refractivity (Wildman–Crippen MR) is 256 cm³/mol. The predicted octanol–water partition coefficient (Wildman–Crippen LogP) is 15.0. The molecule has 0 atom stereocenters. The summed E-state index contributed by atoms with van der Waals surface area (Å²) in [5.41, 5.74) is 9.93. The third-order valence-electron chi connectivity index (χ3n) is 12.4. The maximum Gasteiger partial charge on any atom is 0.238 e. The molecule has 3 heterocycles. The molecule has 13 rings (SSSR count). The largest absolute Gasteiger partial charge is 0.455 e. The molecule has 0 amide bonds. The van der Waals surface area contributed by atoms with Gasteiger partial charge in [0.1, 0.15) is 11.2 Å². The summed E-state index contributed by atoms with van der Waals surface area (Å²) in [5.74, 6) is 1.74. The maximum atomic E-state index is 6.80. The minimum atomic E-state index is 0.535. The molecule has 0 aliphatic heterocycles. The summed E-state index contributed by atoms with van der Waals surface area (Å²) in [4.78, 5) is 15.6. The number of para-hydroxylation sites is 2. The molecule has 0 aliphatic rings. The number of nitrogens with zero attached hydrogens (tertiary/aromatic N) is 4. The van der Waals surface area contributed by atoms with Gasteiger partial charge in [-0.1, -0.05) is 182 Å². The molecule has 62 heavy (non-hydrogen) atoms. The van der Waals surface area contributed by atoms with Gasteiger partial charge in [0.05, 0.1) is 16.4 Å². The lowest BCUT2D eigenvalue weighted by Gasteiger charge is -2.14. The highest BCUT2D eigenvalue weighted by molar-refractivity contribution is 6.28. The van der Waals surface area contributed by atoms with Gasteiger partial charge in [-0.2, -0.15) is 9.97 Å². The van der Waals surface area contributed by atoms with E-state index in [9.17, 15) is 0 Å². The normalized spacial score (nSPS) is 11.9. The smallest absolute Gasteiger partial charge is 0.238 e. The first kappa shape index (κ1) is 34.5. The Morgan fingerprint density at radius 3 is 1.48 bits per heavy atom. The van der Waals surface area contributed by atoms with Gasteiger partial charge >= 0.3 is 0 Å². The van der Waals surface area contributed by atoms with Crippen molar-refractivity contribution in [3.63, 3.8) is 0 Å². The number of hydrogen-bond acceptors (Lipinski definition) is 4. The number of rotatable bonds is 5. The highest BCUT2D eigenvalue weighted by atomic mass is 16.3. The molecule has 0 unspecified atom stereocenters. The number of benzene rings is 10. The van der Waals surface area contributed by atoms with Crippen molar-refractivity contribution >= 4 is 76.1 Å². The van der Waals surface area contributed by atoms with Crippen LogP contribution in [0.1, 0.15) is 0 Å². The van der Waals surface area contributed by atoms with Crippen molar-refractivity contribution < 1.29 is 4.42 Å². The van der Waals surface area contributed by atoms with E-state index < -0.39 is 0 Å². The van der Waals surface area contributed by atoms with Crippen molar-refractivity contribution in [3.05, 3.63) is 206 Å². The van der Waals surface area contributed by atoms with E-state index in [0.717, 1.165) is 71.6 Å². The van der Waals surface area contributed by atoms with Gasteiger partial charge in [-0.25, -0.2) is 4.98 Å². The van der Waals surface area contributed by atoms with E-state index in [4.69, 9.17) is 19.4 Å². The van der Waals surface area contributed by atoms with Crippen molar-refractivity contribution in [2.45, 2.75) is 0 Å². The average molecular weight is 791 g/mol. The second-order valence-electron chi connectivity index (χ2n) is 15.9. The fourth-order valence-electron chi connectivity index (χ4n) is 9.59. The Morgan fingerprint density at radius 1 is 0.339 bits per heavy atom. The van der Waals surface area contributed by atoms with Gasteiger partial charge in [-0.3, -0.25) is 4.57 Å². The Bertz CT molecular complexity index is 3810. The molecule has 0 saturated heterocycles. The summed E-state index contributed by atoms with van der Waals surface area (Å²) in [6, 6.07) is 72.8. The Kier molecular flexibility index (Phi) is 7.54. The van der Waals surface area contributed by atoms with Crippen molar-refractivity contribution in [3.8, 4) is 51.0 Å². The van der Waals surface area contributed by atoms with Gasteiger partial charge in [-0.15, -0.1) is 0 Å². The van der Waals surface area contributed by atoms with Crippen LogP contribution >= 0.6 is 0 Å². The molecule has 3 aromatic heterocycles. The molecular formula is C57H34N4O. The van der Waals surface area contributed by atoms with Crippen LogP contribution in [0.3, 0.4) is 0 Å². The molecule has 0 spiro atoms. The van der Waals surface area contributed by atoms with Gasteiger partial charge in [0.2, 0.25) is 5.95 Å². The van der Waals surface area contributed by atoms with Crippen molar-refractivity contribution in [2.75, 3.05) is 0 Å². The zero-order chi connectivity index (χ0) is 40.7. The van der Waals surface area contributed by atoms with Crippen LogP contribution in [0.4, 0.5) is 0 Å². The molecule has 0 fully saturated rings. The minimum Gasteiger partial charge on any atom is -0.455 e. The number of hydrogen-bond donors (Lipinski definition) is 0. The number of aromatic nitrogens is 4. The Balaban J connectivity index is 1.07. The van der Waals surface area contributed by atoms with Crippen LogP contribution in [0.25, 0.3) is 127 Å². The fourth-order valence-corrected chi connectivity index (χ4v) is 9.59. The standard InChI is InChI=1S/C57H34N4O/c1-3-15-37(16-4-1)55-58-56(38-17-5-2-6-18-38)60-57(59-55)61-50-25-13-11-24-46(50)52-53(61)47(34-49-45-23-12-14-26-51(45)62-54(49)52)36-29-27-35(28-30-36)39-31-32-44-42-21-8-7-19-40(42)41-20-9-10-22-43(41)48(44)33-39/h1-34H. The van der Waals surface area contributed by atoms with Gasteiger partial charge in [0.25, 0.3) is 0 Å². The lowest BCUT2D eigenvalue weighted by atomic mass is 9.91. The van der Waals surface area contributed by atoms with E-state index in [1.165, 1.54) is 37.9 Å². The monoisotopic (exact) mass is 790 g/mol. The van der Waals surface area contributed by atoms with Crippen LogP contribution in [0.5, 0.6) is 0 Å². The first-order valence-corrected chi connectivity index (χ1v) is 20.9. The SMILES string of the molecule is c1ccc(-c2nc(-c3ccccc3)nc(-n3c4ccccc4c4c5oc6ccccc6c5cc(-c5ccc(-c6ccc7c8ccccc8c8ccccc8c7c6)cc5)c43)n2)cc1. The lowest BCUT2D eigenvalue weighted by Crippen LogP contribution is -2.07. The zero-order valence-electron chi connectivity index (χ0n) is 33.3. The van der Waals surface area contributed by atoms with Crippen LogP contribution in [0.2, 0.25) is 0 Å². The van der Waals surface area contributed by atoms with Crippen molar-refractivity contribution in [1.82, 2.24) is 19.5 Å². The average Bonchev–Trinajstić information content (AvgIpc) is 3.90. The molecule has 5 heteroatoms. The molecule has 10 aromatic carbocycles. The quantitative estimate of drug-likeness (QED) is 0.163. The second kappa shape index (κ2) is 13.6. The summed E-state index contributed by atoms with van der Waals surface area (Å²) >= 11 is 0. The first-order chi connectivity index (χ1) is 30.7. The number of furan rings is 1. The van der Waals surface area contributed by atoms with Crippen LogP contribution in [-0.4, -0.2) is 19.5 Å². The van der Waals surface area contributed by atoms with E-state index in [2.05, 4.69) is 144 Å². The van der Waals surface area contributed by atoms with Crippen LogP contribution in [-0.2, 0) is 0 Å². The lowest BCUT2D eigenvalue weighted by molar-refractivity contribution is 0.673. The number of fused-ring (bicyclic) bond motifs is 13. The molecule has 5 nitrogen and oxygen atoms in total. The Hall–Kier alpha value is -8.41. The first-order valence-electron chi connectivity index (χ1n) is 20.9. The molecule has 13 aromatic rings. The molecule has 288 valence electrons. The van der Waals surface area contributed by atoms with Gasteiger partial charge < -0.3 is 4.42 Å². The Labute approximate surface area is 355 Å². The van der Waals surface area contributed by atoms with E-state index in [-0.39, 0.29) is 0 Å². The third-order valence-corrected chi connectivity index (χ3v) is 12.4. The molecule has 0 N–H and O–H groups in total. The zero-order valence-corrected chi connectivity index (χ0v) is 33.3. The second-order valence-corrected chi connectivity index (χ2v) is 15.9. The van der Waals surface area contributed by atoms with Crippen molar-refractivity contribution in [2.24, 2.45) is 0 Å². The molecule has 0 bridgehead atoms. The van der Waals surface area contributed by atoms with Crippen molar-refractivity contribution in [1.29, 1.82) is 0 Å². The maximum absolute atomic E-state index is 6.80. The van der Waals surface area contributed by atoms with E-state index in [1.54, 1.807) is 0 Å². The van der Waals surface area contributed by atoms with Gasteiger partial charge in [-0.05, 0) is 73.3 Å². The topological polar surface area (TPSA) is 56.7 Å². The summed E-state index contributed by atoms with van der Waals surface area (Å²) in [5, 5.41) is 11.8. The van der Waals surface area contributed by atoms with E-state index >= 15 is 0 Å². The minimum absolute atomic E-state index is 0.535. The summed E-state index contributed by atoms with van der Waals surface area (Å²) in [6.07, 6.45) is 0. The molecular weight excluding hydrogens is 757 g/mol. The van der Waals surface area contributed by atoms with Crippen LogP contribution < -0.4 is 0 Å². The third kappa shape index (κ3) is 5.25. The van der Waals surface area contributed by atoms with Crippen LogP contribution in [0.15, 0.2) is 211 Å². The molecule has 0 aliphatic carbocycles. The summed E-state index contributed by atoms with van der Waals surface area (Å²) in [7, 11) is 0. The molecule has 0 radical (unpaired) electrons. The van der Waals surface area contributed by atoms with Gasteiger partial charge in [0, 0.05) is 32.8 Å².